The fourth-order valence-corrected chi connectivity index (χ4v) is 1.94. The van der Waals surface area contributed by atoms with Gasteiger partial charge in [0.25, 0.3) is 0 Å². The Morgan fingerprint density at radius 2 is 2.11 bits per heavy atom. The summed E-state index contributed by atoms with van der Waals surface area (Å²) in [5.74, 6) is 5.70. The lowest BCUT2D eigenvalue weighted by molar-refractivity contribution is -0.151. The molecular weight excluding hydrogens is 268 g/mol. The Morgan fingerprint density at radius 3 is 2.68 bits per heavy atom. The minimum Gasteiger partial charge on any atom is -0.459 e. The van der Waals surface area contributed by atoms with Crippen molar-refractivity contribution in [2.75, 3.05) is 5.75 Å². The van der Waals surface area contributed by atoms with Gasteiger partial charge in [0.2, 0.25) is 0 Å². The molecule has 0 aliphatic carbocycles. The van der Waals surface area contributed by atoms with Gasteiger partial charge in [-0.1, -0.05) is 0 Å². The molecule has 0 saturated carbocycles. The number of hydrogen-bond acceptors (Lipinski definition) is 6. The number of furan rings is 1. The van der Waals surface area contributed by atoms with E-state index in [0.717, 1.165) is 0 Å². The summed E-state index contributed by atoms with van der Waals surface area (Å²) in [7, 11) is 0. The Bertz CT molecular complexity index is 451. The topological polar surface area (TPSA) is 94.6 Å². The Balaban J connectivity index is 2.35. The van der Waals surface area contributed by atoms with Crippen LogP contribution in [0.4, 0.5) is 0 Å². The summed E-state index contributed by atoms with van der Waals surface area (Å²) in [6, 6.07) is 3.21. The smallest absolute Gasteiger partial charge is 0.316 e. The van der Waals surface area contributed by atoms with Crippen molar-refractivity contribution in [3.8, 4) is 0 Å². The molecule has 0 unspecified atom stereocenters. The molecule has 1 amide bonds. The largest absolute Gasteiger partial charge is 0.459 e. The van der Waals surface area contributed by atoms with Crippen LogP contribution in [0.3, 0.4) is 0 Å². The highest BCUT2D eigenvalue weighted by Crippen LogP contribution is 2.17. The third-order valence-electron chi connectivity index (χ3n) is 1.90. The van der Waals surface area contributed by atoms with Gasteiger partial charge in [-0.3, -0.25) is 15.0 Å². The Kier molecular flexibility index (Phi) is 5.44. The zero-order valence-corrected chi connectivity index (χ0v) is 12.0. The number of amides is 1. The molecule has 0 spiro atoms. The van der Waals surface area contributed by atoms with Crippen molar-refractivity contribution in [2.24, 2.45) is 5.84 Å². The number of rotatable bonds is 5. The van der Waals surface area contributed by atoms with Crippen LogP contribution < -0.4 is 11.3 Å². The van der Waals surface area contributed by atoms with E-state index in [4.69, 9.17) is 15.0 Å². The summed E-state index contributed by atoms with van der Waals surface area (Å²) in [5.41, 5.74) is 1.50. The molecule has 0 radical (unpaired) electrons. The van der Waals surface area contributed by atoms with E-state index in [1.807, 2.05) is 26.2 Å². The molecule has 19 heavy (non-hydrogen) atoms. The van der Waals surface area contributed by atoms with Crippen LogP contribution in [0.15, 0.2) is 16.5 Å². The van der Waals surface area contributed by atoms with Gasteiger partial charge in [-0.05, 0) is 32.9 Å². The predicted molar refractivity (Wildman–Crippen MR) is 72.4 cm³/mol. The molecule has 7 heteroatoms. The number of esters is 1. The quantitative estimate of drug-likeness (QED) is 0.368. The zero-order chi connectivity index (χ0) is 14.5. The molecule has 106 valence electrons. The molecule has 0 saturated heterocycles. The third-order valence-corrected chi connectivity index (χ3v) is 2.83. The standard InChI is InChI=1S/C12H18N2O4S/c1-12(2,3)18-10(15)7-19-6-8-4-5-9(17-8)11(16)14-13/h4-5H,6-7,13H2,1-3H3,(H,14,16). The normalized spacial score (nSPS) is 11.2. The molecule has 0 bridgehead atoms. The highest BCUT2D eigenvalue weighted by Gasteiger charge is 2.16. The molecule has 0 aliphatic heterocycles. The lowest BCUT2D eigenvalue weighted by Gasteiger charge is -2.19. The second-order valence-electron chi connectivity index (χ2n) is 4.82. The number of nitrogen functional groups attached to an aromatic ring is 1. The van der Waals surface area contributed by atoms with Crippen LogP contribution in [0.1, 0.15) is 37.1 Å². The maximum Gasteiger partial charge on any atom is 0.316 e. The van der Waals surface area contributed by atoms with Crippen LogP contribution in [0.2, 0.25) is 0 Å². The van der Waals surface area contributed by atoms with E-state index >= 15 is 0 Å². The Labute approximate surface area is 116 Å². The molecule has 0 atom stereocenters. The van der Waals surface area contributed by atoms with Gasteiger partial charge in [0.1, 0.15) is 11.4 Å². The van der Waals surface area contributed by atoms with Crippen LogP contribution >= 0.6 is 11.8 Å². The van der Waals surface area contributed by atoms with Crippen molar-refractivity contribution in [2.45, 2.75) is 32.1 Å². The molecule has 0 aromatic carbocycles. The minimum absolute atomic E-state index is 0.148. The highest BCUT2D eigenvalue weighted by atomic mass is 32.2. The minimum atomic E-state index is -0.483. The molecule has 3 N–H and O–H groups in total. The summed E-state index contributed by atoms with van der Waals surface area (Å²) in [6.45, 7) is 5.46. The third kappa shape index (κ3) is 5.80. The van der Waals surface area contributed by atoms with Gasteiger partial charge in [0.15, 0.2) is 5.76 Å². The van der Waals surface area contributed by atoms with Gasteiger partial charge in [0, 0.05) is 0 Å². The number of thioether (sulfide) groups is 1. The van der Waals surface area contributed by atoms with Crippen LogP contribution in [0.25, 0.3) is 0 Å². The molecule has 0 fully saturated rings. The Morgan fingerprint density at radius 1 is 1.42 bits per heavy atom. The summed E-state index contributed by atoms with van der Waals surface area (Å²) in [6.07, 6.45) is 0. The van der Waals surface area contributed by atoms with Crippen molar-refractivity contribution in [3.05, 3.63) is 23.7 Å². The number of hydrazine groups is 1. The molecular formula is C12H18N2O4S. The summed E-state index contributed by atoms with van der Waals surface area (Å²) >= 11 is 1.36. The average molecular weight is 286 g/mol. The van der Waals surface area contributed by atoms with Crippen molar-refractivity contribution in [1.82, 2.24) is 5.43 Å². The van der Waals surface area contributed by atoms with Gasteiger partial charge in [-0.15, -0.1) is 11.8 Å². The number of ether oxygens (including phenoxy) is 1. The summed E-state index contributed by atoms with van der Waals surface area (Å²) < 4.78 is 10.4. The van der Waals surface area contributed by atoms with Crippen LogP contribution in [-0.2, 0) is 15.3 Å². The van der Waals surface area contributed by atoms with E-state index < -0.39 is 11.5 Å². The van der Waals surface area contributed by atoms with E-state index in [0.29, 0.717) is 11.5 Å². The van der Waals surface area contributed by atoms with Crippen LogP contribution in [0.5, 0.6) is 0 Å². The summed E-state index contributed by atoms with van der Waals surface area (Å²) in [5, 5.41) is 0. The van der Waals surface area contributed by atoms with Crippen molar-refractivity contribution >= 4 is 23.6 Å². The maximum atomic E-state index is 11.5. The van der Waals surface area contributed by atoms with Gasteiger partial charge >= 0.3 is 11.9 Å². The maximum absolute atomic E-state index is 11.5. The van der Waals surface area contributed by atoms with Gasteiger partial charge in [-0.25, -0.2) is 5.84 Å². The molecule has 0 aliphatic rings. The van der Waals surface area contributed by atoms with E-state index in [1.165, 1.54) is 17.8 Å². The van der Waals surface area contributed by atoms with Gasteiger partial charge in [-0.2, -0.15) is 0 Å². The average Bonchev–Trinajstić information content (AvgIpc) is 2.74. The Hall–Kier alpha value is -1.47. The van der Waals surface area contributed by atoms with Crippen LogP contribution in [-0.4, -0.2) is 23.2 Å². The fraction of sp³-hybridized carbons (Fsp3) is 0.500. The van der Waals surface area contributed by atoms with E-state index in [2.05, 4.69) is 0 Å². The fourth-order valence-electron chi connectivity index (χ4n) is 1.25. The second-order valence-corrected chi connectivity index (χ2v) is 5.80. The lowest BCUT2D eigenvalue weighted by atomic mass is 10.2. The second kappa shape index (κ2) is 6.63. The van der Waals surface area contributed by atoms with Gasteiger partial charge < -0.3 is 9.15 Å². The highest BCUT2D eigenvalue weighted by molar-refractivity contribution is 7.99. The number of carbonyl (C=O) groups excluding carboxylic acids is 2. The molecule has 1 heterocycles. The number of nitrogens with two attached hydrogens (primary N) is 1. The van der Waals surface area contributed by atoms with Crippen molar-refractivity contribution in [1.29, 1.82) is 0 Å². The number of nitrogens with one attached hydrogen (secondary N) is 1. The number of hydrogen-bond donors (Lipinski definition) is 2. The SMILES string of the molecule is CC(C)(C)OC(=O)CSCc1ccc(C(=O)NN)o1. The molecule has 1 aromatic heterocycles. The molecule has 6 nitrogen and oxygen atoms in total. The summed E-state index contributed by atoms with van der Waals surface area (Å²) in [4.78, 5) is 22.6. The van der Waals surface area contributed by atoms with Crippen molar-refractivity contribution in [3.63, 3.8) is 0 Å². The first-order valence-corrected chi connectivity index (χ1v) is 6.86. The predicted octanol–water partition coefficient (Wildman–Crippen LogP) is 1.46. The van der Waals surface area contributed by atoms with Gasteiger partial charge in [0.05, 0.1) is 11.5 Å². The first kappa shape index (κ1) is 15.6. The van der Waals surface area contributed by atoms with E-state index in [9.17, 15) is 9.59 Å². The van der Waals surface area contributed by atoms with Crippen LogP contribution in [0, 0.1) is 0 Å². The van der Waals surface area contributed by atoms with E-state index in [-0.39, 0.29) is 17.5 Å². The lowest BCUT2D eigenvalue weighted by Crippen LogP contribution is -2.29. The molecule has 1 rings (SSSR count). The number of carbonyl (C=O) groups is 2. The zero-order valence-electron chi connectivity index (χ0n) is 11.2. The monoisotopic (exact) mass is 286 g/mol. The molecule has 1 aromatic rings. The van der Waals surface area contributed by atoms with Crippen molar-refractivity contribution < 1.29 is 18.7 Å². The first-order valence-electron chi connectivity index (χ1n) is 5.71. The van der Waals surface area contributed by atoms with E-state index in [1.54, 1.807) is 6.07 Å². The first-order chi connectivity index (χ1) is 8.81.